The van der Waals surface area contributed by atoms with Crippen LogP contribution in [0.3, 0.4) is 0 Å². The van der Waals surface area contributed by atoms with Gasteiger partial charge in [-0.3, -0.25) is 0 Å². The number of rotatable bonds is 7. The molecule has 0 atom stereocenters. The molecule has 0 fully saturated rings. The van der Waals surface area contributed by atoms with Crippen LogP contribution in [-0.4, -0.2) is 20.7 Å². The van der Waals surface area contributed by atoms with Crippen molar-refractivity contribution in [1.82, 2.24) is 4.72 Å². The fourth-order valence-electron chi connectivity index (χ4n) is 1.96. The lowest BCUT2D eigenvalue weighted by Gasteiger charge is -2.09. The summed E-state index contributed by atoms with van der Waals surface area (Å²) in [5, 5.41) is 0.352. The minimum absolute atomic E-state index is 0.0172. The third-order valence-electron chi connectivity index (χ3n) is 3.29. The van der Waals surface area contributed by atoms with Crippen molar-refractivity contribution in [3.05, 3.63) is 64.2 Å². The van der Waals surface area contributed by atoms with Crippen LogP contribution in [0.25, 0.3) is 0 Å². The molecule has 2 aromatic rings. The van der Waals surface area contributed by atoms with Crippen molar-refractivity contribution in [3.8, 4) is 0 Å². The van der Waals surface area contributed by atoms with E-state index in [4.69, 9.17) is 11.6 Å². The van der Waals surface area contributed by atoms with Gasteiger partial charge in [0.05, 0.1) is 4.90 Å². The standard InChI is InChI=1S/C16H16ClF2NO2S2/c1-11-9-12(5-6-15(11)18)24(21,22)20-7-8-23-10-13-14(17)3-2-4-16(13)19/h2-6,9,20H,7-8,10H2,1H3. The summed E-state index contributed by atoms with van der Waals surface area (Å²) < 4.78 is 53.5. The molecular formula is C16H16ClF2NO2S2. The van der Waals surface area contributed by atoms with E-state index in [1.54, 1.807) is 6.07 Å². The summed E-state index contributed by atoms with van der Waals surface area (Å²) in [7, 11) is -3.69. The highest BCUT2D eigenvalue weighted by Crippen LogP contribution is 2.23. The number of benzene rings is 2. The fourth-order valence-corrected chi connectivity index (χ4v) is 4.40. The Bertz CT molecular complexity index is 809. The van der Waals surface area contributed by atoms with Gasteiger partial charge in [-0.1, -0.05) is 17.7 Å². The molecule has 0 unspecified atom stereocenters. The summed E-state index contributed by atoms with van der Waals surface area (Å²) in [4.78, 5) is 0.0172. The molecule has 0 heterocycles. The Morgan fingerprint density at radius 2 is 1.92 bits per heavy atom. The predicted molar refractivity (Wildman–Crippen MR) is 93.9 cm³/mol. The second kappa shape index (κ2) is 8.29. The lowest BCUT2D eigenvalue weighted by Crippen LogP contribution is -2.26. The Morgan fingerprint density at radius 1 is 1.17 bits per heavy atom. The summed E-state index contributed by atoms with van der Waals surface area (Å²) in [6, 6.07) is 8.10. The first kappa shape index (κ1) is 19.2. The van der Waals surface area contributed by atoms with Crippen molar-refractivity contribution in [2.45, 2.75) is 17.6 Å². The smallest absolute Gasteiger partial charge is 0.210 e. The van der Waals surface area contributed by atoms with Gasteiger partial charge in [-0.25, -0.2) is 21.9 Å². The van der Waals surface area contributed by atoms with E-state index in [0.717, 1.165) is 6.07 Å². The van der Waals surface area contributed by atoms with E-state index in [2.05, 4.69) is 4.72 Å². The van der Waals surface area contributed by atoms with Gasteiger partial charge >= 0.3 is 0 Å². The molecule has 0 spiro atoms. The summed E-state index contributed by atoms with van der Waals surface area (Å²) >= 11 is 7.29. The van der Waals surface area contributed by atoms with Crippen LogP contribution in [0, 0.1) is 18.6 Å². The van der Waals surface area contributed by atoms with E-state index in [9.17, 15) is 17.2 Å². The van der Waals surface area contributed by atoms with Crippen LogP contribution < -0.4 is 4.72 Å². The number of aryl methyl sites for hydroxylation is 1. The zero-order valence-corrected chi connectivity index (χ0v) is 15.2. The fraction of sp³-hybridized carbons (Fsp3) is 0.250. The molecule has 0 amide bonds. The molecule has 2 rings (SSSR count). The van der Waals surface area contributed by atoms with Crippen molar-refractivity contribution in [1.29, 1.82) is 0 Å². The highest BCUT2D eigenvalue weighted by molar-refractivity contribution is 7.98. The van der Waals surface area contributed by atoms with Crippen LogP contribution in [0.5, 0.6) is 0 Å². The molecule has 1 N–H and O–H groups in total. The van der Waals surface area contributed by atoms with Gasteiger partial charge < -0.3 is 0 Å². The number of hydrogen-bond acceptors (Lipinski definition) is 3. The van der Waals surface area contributed by atoms with Crippen LogP contribution in [-0.2, 0) is 15.8 Å². The highest BCUT2D eigenvalue weighted by Gasteiger charge is 2.14. The molecule has 0 aliphatic rings. The molecule has 24 heavy (non-hydrogen) atoms. The van der Waals surface area contributed by atoms with Gasteiger partial charge in [0, 0.05) is 28.6 Å². The van der Waals surface area contributed by atoms with E-state index in [-0.39, 0.29) is 22.8 Å². The van der Waals surface area contributed by atoms with Gasteiger partial charge in [-0.05, 0) is 42.8 Å². The Morgan fingerprint density at radius 3 is 2.58 bits per heavy atom. The van der Waals surface area contributed by atoms with E-state index in [0.29, 0.717) is 22.1 Å². The first-order valence-electron chi connectivity index (χ1n) is 7.08. The second-order valence-electron chi connectivity index (χ2n) is 5.06. The van der Waals surface area contributed by atoms with E-state index in [1.807, 2.05) is 0 Å². The zero-order chi connectivity index (χ0) is 17.7. The number of halogens is 3. The summed E-state index contributed by atoms with van der Waals surface area (Å²) in [6.07, 6.45) is 0. The van der Waals surface area contributed by atoms with Crippen LogP contribution in [0.1, 0.15) is 11.1 Å². The van der Waals surface area contributed by atoms with Gasteiger partial charge in [-0.2, -0.15) is 11.8 Å². The largest absolute Gasteiger partial charge is 0.240 e. The lowest BCUT2D eigenvalue weighted by molar-refractivity contribution is 0.582. The van der Waals surface area contributed by atoms with Gasteiger partial charge in [-0.15, -0.1) is 0 Å². The Balaban J connectivity index is 1.86. The summed E-state index contributed by atoms with van der Waals surface area (Å²) in [5.74, 6) is -0.0314. The van der Waals surface area contributed by atoms with Crippen molar-refractivity contribution < 1.29 is 17.2 Å². The minimum Gasteiger partial charge on any atom is -0.210 e. The Labute approximate surface area is 149 Å². The Kier molecular flexibility index (Phi) is 6.62. The second-order valence-corrected chi connectivity index (χ2v) is 8.34. The van der Waals surface area contributed by atoms with E-state index < -0.39 is 15.8 Å². The third-order valence-corrected chi connectivity index (χ3v) is 6.08. The molecule has 130 valence electrons. The topological polar surface area (TPSA) is 46.2 Å². The van der Waals surface area contributed by atoms with Crippen LogP contribution in [0.15, 0.2) is 41.3 Å². The number of sulfonamides is 1. The predicted octanol–water partition coefficient (Wildman–Crippen LogP) is 4.14. The first-order valence-corrected chi connectivity index (χ1v) is 10.1. The van der Waals surface area contributed by atoms with Gasteiger partial charge in [0.2, 0.25) is 10.0 Å². The monoisotopic (exact) mass is 391 g/mol. The van der Waals surface area contributed by atoms with Gasteiger partial charge in [0.1, 0.15) is 11.6 Å². The van der Waals surface area contributed by atoms with Crippen molar-refractivity contribution in [3.63, 3.8) is 0 Å². The quantitative estimate of drug-likeness (QED) is 0.721. The molecule has 8 heteroatoms. The number of hydrogen-bond donors (Lipinski definition) is 1. The van der Waals surface area contributed by atoms with Crippen molar-refractivity contribution in [2.24, 2.45) is 0 Å². The first-order chi connectivity index (χ1) is 11.3. The molecule has 0 bridgehead atoms. The molecule has 0 aliphatic heterocycles. The van der Waals surface area contributed by atoms with E-state index in [1.165, 1.54) is 43.0 Å². The molecule has 0 saturated carbocycles. The van der Waals surface area contributed by atoms with Crippen molar-refractivity contribution in [2.75, 3.05) is 12.3 Å². The molecule has 0 saturated heterocycles. The number of nitrogens with one attached hydrogen (secondary N) is 1. The maximum atomic E-state index is 13.6. The molecule has 0 radical (unpaired) electrons. The van der Waals surface area contributed by atoms with Crippen molar-refractivity contribution >= 4 is 33.4 Å². The normalized spacial score (nSPS) is 11.7. The number of thioether (sulfide) groups is 1. The highest BCUT2D eigenvalue weighted by atomic mass is 35.5. The average molecular weight is 392 g/mol. The molecule has 0 aliphatic carbocycles. The summed E-state index contributed by atoms with van der Waals surface area (Å²) in [5.41, 5.74) is 0.669. The maximum Gasteiger partial charge on any atom is 0.240 e. The van der Waals surface area contributed by atoms with Crippen LogP contribution in [0.2, 0.25) is 5.02 Å². The average Bonchev–Trinajstić information content (AvgIpc) is 2.52. The van der Waals surface area contributed by atoms with Crippen LogP contribution in [0.4, 0.5) is 8.78 Å². The zero-order valence-electron chi connectivity index (χ0n) is 12.9. The molecule has 2 aromatic carbocycles. The summed E-state index contributed by atoms with van der Waals surface area (Å²) in [6.45, 7) is 1.68. The molecular weight excluding hydrogens is 376 g/mol. The lowest BCUT2D eigenvalue weighted by atomic mass is 10.2. The third kappa shape index (κ3) is 4.92. The SMILES string of the molecule is Cc1cc(S(=O)(=O)NCCSCc2c(F)cccc2Cl)ccc1F. The van der Waals surface area contributed by atoms with Gasteiger partial charge in [0.25, 0.3) is 0 Å². The van der Waals surface area contributed by atoms with Crippen LogP contribution >= 0.6 is 23.4 Å². The molecule has 0 aromatic heterocycles. The maximum absolute atomic E-state index is 13.6. The van der Waals surface area contributed by atoms with Gasteiger partial charge in [0.15, 0.2) is 0 Å². The minimum atomic E-state index is -3.69. The molecule has 3 nitrogen and oxygen atoms in total. The van der Waals surface area contributed by atoms with E-state index >= 15 is 0 Å². The Hall–Kier alpha value is -1.15.